The predicted octanol–water partition coefficient (Wildman–Crippen LogP) is 4.14. The number of carbonyl (C=O) groups is 1. The van der Waals surface area contributed by atoms with Crippen LogP contribution in [0.25, 0.3) is 10.9 Å². The van der Waals surface area contributed by atoms with Crippen LogP contribution in [0.15, 0.2) is 54.9 Å². The van der Waals surface area contributed by atoms with Gasteiger partial charge in [0.25, 0.3) is 5.91 Å². The Labute approximate surface area is 182 Å². The number of halogens is 2. The molecule has 152 valence electrons. The van der Waals surface area contributed by atoms with Crippen LogP contribution in [0.2, 0.25) is 0 Å². The second-order valence-electron chi connectivity index (χ2n) is 7.39. The zero-order valence-corrected chi connectivity index (χ0v) is 17.6. The summed E-state index contributed by atoms with van der Waals surface area (Å²) in [5.41, 5.74) is 3.82. The SMILES string of the molecule is Cl.Cl.O=C(c1cc(C2CC2)nc2ccccc12)N1CCNCC1c1cccnc1. The quantitative estimate of drug-likeness (QED) is 0.678. The van der Waals surface area contributed by atoms with Crippen LogP contribution in [0.5, 0.6) is 0 Å². The summed E-state index contributed by atoms with van der Waals surface area (Å²) in [4.78, 5) is 24.7. The van der Waals surface area contributed by atoms with Crippen LogP contribution in [0.3, 0.4) is 0 Å². The number of para-hydroxylation sites is 1. The zero-order chi connectivity index (χ0) is 18.2. The van der Waals surface area contributed by atoms with Crippen LogP contribution in [0.1, 0.15) is 46.4 Å². The Balaban J connectivity index is 0.00000120. The molecule has 1 aromatic carbocycles. The van der Waals surface area contributed by atoms with Gasteiger partial charge in [-0.15, -0.1) is 24.8 Å². The molecule has 5 rings (SSSR count). The normalized spacial score (nSPS) is 18.6. The van der Waals surface area contributed by atoms with E-state index in [1.807, 2.05) is 53.6 Å². The molecule has 0 spiro atoms. The molecule has 1 saturated carbocycles. The molecule has 0 bridgehead atoms. The van der Waals surface area contributed by atoms with Gasteiger partial charge in [-0.2, -0.15) is 0 Å². The van der Waals surface area contributed by atoms with Crippen LogP contribution in [-0.4, -0.2) is 40.4 Å². The second-order valence-corrected chi connectivity index (χ2v) is 7.39. The lowest BCUT2D eigenvalue weighted by molar-refractivity contribution is 0.0636. The van der Waals surface area contributed by atoms with Crippen molar-refractivity contribution in [1.82, 2.24) is 20.2 Å². The van der Waals surface area contributed by atoms with E-state index in [2.05, 4.69) is 10.3 Å². The third kappa shape index (κ3) is 4.22. The van der Waals surface area contributed by atoms with E-state index in [-0.39, 0.29) is 36.8 Å². The number of hydrogen-bond donors (Lipinski definition) is 1. The van der Waals surface area contributed by atoms with Gasteiger partial charge in [0.2, 0.25) is 0 Å². The van der Waals surface area contributed by atoms with Crippen LogP contribution in [-0.2, 0) is 0 Å². The van der Waals surface area contributed by atoms with Gasteiger partial charge in [0.05, 0.1) is 17.1 Å². The van der Waals surface area contributed by atoms with Gasteiger partial charge < -0.3 is 10.2 Å². The fourth-order valence-electron chi connectivity index (χ4n) is 3.93. The minimum absolute atomic E-state index is 0. The van der Waals surface area contributed by atoms with Crippen molar-refractivity contribution >= 4 is 41.6 Å². The van der Waals surface area contributed by atoms with Crippen molar-refractivity contribution in [3.8, 4) is 0 Å². The van der Waals surface area contributed by atoms with Crippen molar-refractivity contribution in [2.75, 3.05) is 19.6 Å². The summed E-state index contributed by atoms with van der Waals surface area (Å²) in [6.45, 7) is 2.24. The molecule has 5 nitrogen and oxygen atoms in total. The highest BCUT2D eigenvalue weighted by atomic mass is 35.5. The maximum atomic E-state index is 13.6. The average molecular weight is 431 g/mol. The summed E-state index contributed by atoms with van der Waals surface area (Å²) in [5.74, 6) is 0.601. The van der Waals surface area contributed by atoms with Crippen molar-refractivity contribution in [3.05, 3.63) is 71.7 Å². The molecule has 2 aliphatic rings. The number of nitrogens with zero attached hydrogens (tertiary/aromatic N) is 3. The summed E-state index contributed by atoms with van der Waals surface area (Å²) in [6.07, 6.45) is 5.97. The highest BCUT2D eigenvalue weighted by Gasteiger charge is 2.32. The molecule has 3 heterocycles. The molecule has 1 atom stereocenters. The molecule has 29 heavy (non-hydrogen) atoms. The van der Waals surface area contributed by atoms with Crippen molar-refractivity contribution < 1.29 is 4.79 Å². The smallest absolute Gasteiger partial charge is 0.255 e. The monoisotopic (exact) mass is 430 g/mol. The van der Waals surface area contributed by atoms with Crippen LogP contribution >= 0.6 is 24.8 Å². The van der Waals surface area contributed by atoms with Gasteiger partial charge in [0.1, 0.15) is 0 Å². The molecule has 1 unspecified atom stereocenters. The van der Waals surface area contributed by atoms with Gasteiger partial charge in [-0.1, -0.05) is 24.3 Å². The molecule has 2 aromatic heterocycles. The number of pyridine rings is 2. The summed E-state index contributed by atoms with van der Waals surface area (Å²) in [6, 6.07) is 14.0. The van der Waals surface area contributed by atoms with Crippen LogP contribution in [0.4, 0.5) is 0 Å². The number of nitrogens with one attached hydrogen (secondary N) is 1. The Hall–Kier alpha value is -2.21. The van der Waals surface area contributed by atoms with Crippen molar-refractivity contribution in [1.29, 1.82) is 0 Å². The number of amides is 1. The average Bonchev–Trinajstić information content (AvgIpc) is 3.58. The minimum Gasteiger partial charge on any atom is -0.329 e. The first-order valence-corrected chi connectivity index (χ1v) is 9.62. The molecule has 1 saturated heterocycles. The molecule has 7 heteroatoms. The number of piperazine rings is 1. The summed E-state index contributed by atoms with van der Waals surface area (Å²) in [5, 5.41) is 4.35. The molecule has 1 aliphatic carbocycles. The lowest BCUT2D eigenvalue weighted by Gasteiger charge is -2.36. The molecule has 2 fully saturated rings. The van der Waals surface area contributed by atoms with Gasteiger partial charge in [-0.05, 0) is 36.6 Å². The Morgan fingerprint density at radius 2 is 1.93 bits per heavy atom. The minimum atomic E-state index is -0.00347. The second kappa shape index (κ2) is 9.08. The van der Waals surface area contributed by atoms with E-state index in [0.717, 1.165) is 40.8 Å². The van der Waals surface area contributed by atoms with Crippen LogP contribution in [0, 0.1) is 0 Å². The Morgan fingerprint density at radius 1 is 1.10 bits per heavy atom. The lowest BCUT2D eigenvalue weighted by Crippen LogP contribution is -2.48. The number of benzene rings is 1. The van der Waals surface area contributed by atoms with Crippen molar-refractivity contribution in [2.45, 2.75) is 24.8 Å². The highest BCUT2D eigenvalue weighted by Crippen LogP contribution is 2.40. The van der Waals surface area contributed by atoms with E-state index in [4.69, 9.17) is 4.98 Å². The van der Waals surface area contributed by atoms with Crippen molar-refractivity contribution in [2.24, 2.45) is 0 Å². The third-order valence-electron chi connectivity index (χ3n) is 5.54. The fraction of sp³-hybridized carbons (Fsp3) is 0.318. The van der Waals surface area contributed by atoms with E-state index in [1.165, 1.54) is 12.8 Å². The van der Waals surface area contributed by atoms with Gasteiger partial charge in [0.15, 0.2) is 0 Å². The maximum absolute atomic E-state index is 13.6. The third-order valence-corrected chi connectivity index (χ3v) is 5.54. The molecule has 1 aliphatic heterocycles. The number of carbonyl (C=O) groups excluding carboxylic acids is 1. The fourth-order valence-corrected chi connectivity index (χ4v) is 3.93. The van der Waals surface area contributed by atoms with E-state index in [1.54, 1.807) is 6.20 Å². The van der Waals surface area contributed by atoms with Crippen LogP contribution < -0.4 is 5.32 Å². The van der Waals surface area contributed by atoms with Crippen molar-refractivity contribution in [3.63, 3.8) is 0 Å². The molecule has 1 N–H and O–H groups in total. The summed E-state index contributed by atoms with van der Waals surface area (Å²) in [7, 11) is 0. The number of hydrogen-bond acceptors (Lipinski definition) is 4. The molecule has 0 radical (unpaired) electrons. The predicted molar refractivity (Wildman–Crippen MR) is 119 cm³/mol. The number of rotatable bonds is 3. The standard InChI is InChI=1S/C22H22N4O.2ClH/c27-22(26-11-10-24-14-21(26)16-4-3-9-23-13-16)18-12-20(15-7-8-15)25-19-6-2-1-5-17(18)19;;/h1-6,9,12-13,15,21,24H,7-8,10-11,14H2;2*1H. The Kier molecular flexibility index (Phi) is 6.73. The first-order chi connectivity index (χ1) is 13.3. The van der Waals surface area contributed by atoms with E-state index < -0.39 is 0 Å². The molecular weight excluding hydrogens is 407 g/mol. The summed E-state index contributed by atoms with van der Waals surface area (Å²) < 4.78 is 0. The summed E-state index contributed by atoms with van der Waals surface area (Å²) >= 11 is 0. The Morgan fingerprint density at radius 3 is 2.69 bits per heavy atom. The van der Waals surface area contributed by atoms with Gasteiger partial charge in [-0.25, -0.2) is 0 Å². The molecule has 1 amide bonds. The number of fused-ring (bicyclic) bond motifs is 1. The topological polar surface area (TPSA) is 58.1 Å². The largest absolute Gasteiger partial charge is 0.329 e. The molecular formula is C22H24Cl2N4O. The highest BCUT2D eigenvalue weighted by molar-refractivity contribution is 6.06. The zero-order valence-electron chi connectivity index (χ0n) is 16.0. The molecule has 3 aromatic rings. The van der Waals surface area contributed by atoms with E-state index in [9.17, 15) is 4.79 Å². The van der Waals surface area contributed by atoms with Gasteiger partial charge in [0, 0.05) is 49.0 Å². The Bertz CT molecular complexity index is 995. The van der Waals surface area contributed by atoms with Gasteiger partial charge in [-0.3, -0.25) is 14.8 Å². The van der Waals surface area contributed by atoms with Gasteiger partial charge >= 0.3 is 0 Å². The first-order valence-electron chi connectivity index (χ1n) is 9.62. The first kappa shape index (κ1) is 21.5. The lowest BCUT2D eigenvalue weighted by atomic mass is 10.0. The van der Waals surface area contributed by atoms with E-state index >= 15 is 0 Å². The number of aromatic nitrogens is 2. The maximum Gasteiger partial charge on any atom is 0.255 e. The van der Waals surface area contributed by atoms with E-state index in [0.29, 0.717) is 12.5 Å².